The van der Waals surface area contributed by atoms with Crippen LogP contribution >= 0.6 is 11.8 Å². The number of oxazole rings is 1. The van der Waals surface area contributed by atoms with Crippen LogP contribution in [0, 0.1) is 0 Å². The van der Waals surface area contributed by atoms with E-state index in [0.717, 1.165) is 29.6 Å². The number of para-hydroxylation sites is 3. The molecule has 0 saturated carbocycles. The molecule has 1 atom stereocenters. The molecular weight excluding hydrogens is 296 g/mol. The van der Waals surface area contributed by atoms with E-state index in [0.29, 0.717) is 5.22 Å². The van der Waals surface area contributed by atoms with Crippen molar-refractivity contribution in [1.82, 2.24) is 4.98 Å². The SMILES string of the molecule is O=C1Nc2ccccc2CCC1Sc1nc2ccccc2o1. The lowest BCUT2D eigenvalue weighted by Crippen LogP contribution is -2.23. The molecule has 1 aliphatic rings. The number of carbonyl (C=O) groups excluding carboxylic acids is 1. The molecule has 1 amide bonds. The second-order valence-corrected chi connectivity index (χ2v) is 6.39. The van der Waals surface area contributed by atoms with Gasteiger partial charge in [-0.2, -0.15) is 0 Å². The number of amides is 1. The number of aromatic nitrogens is 1. The first-order valence-electron chi connectivity index (χ1n) is 7.20. The second-order valence-electron chi connectivity index (χ2n) is 5.24. The highest BCUT2D eigenvalue weighted by molar-refractivity contribution is 8.00. The monoisotopic (exact) mass is 310 g/mol. The van der Waals surface area contributed by atoms with Crippen molar-refractivity contribution >= 4 is 34.5 Å². The molecule has 0 aliphatic carbocycles. The Hall–Kier alpha value is -2.27. The summed E-state index contributed by atoms with van der Waals surface area (Å²) in [5, 5.41) is 3.35. The Morgan fingerprint density at radius 3 is 2.86 bits per heavy atom. The van der Waals surface area contributed by atoms with E-state index >= 15 is 0 Å². The molecule has 0 spiro atoms. The normalized spacial score (nSPS) is 17.8. The largest absolute Gasteiger partial charge is 0.431 e. The van der Waals surface area contributed by atoms with E-state index < -0.39 is 0 Å². The minimum Gasteiger partial charge on any atom is -0.431 e. The van der Waals surface area contributed by atoms with Gasteiger partial charge in [0.1, 0.15) is 5.52 Å². The van der Waals surface area contributed by atoms with Gasteiger partial charge >= 0.3 is 0 Å². The molecule has 2 heterocycles. The lowest BCUT2D eigenvalue weighted by Gasteiger charge is -2.09. The van der Waals surface area contributed by atoms with Crippen molar-refractivity contribution in [1.29, 1.82) is 0 Å². The highest BCUT2D eigenvalue weighted by Gasteiger charge is 2.26. The van der Waals surface area contributed by atoms with Crippen LogP contribution in [0.5, 0.6) is 0 Å². The van der Waals surface area contributed by atoms with Gasteiger partial charge in [-0.25, -0.2) is 4.98 Å². The fourth-order valence-electron chi connectivity index (χ4n) is 2.63. The molecule has 1 aromatic heterocycles. The number of nitrogens with zero attached hydrogens (tertiary/aromatic N) is 1. The van der Waals surface area contributed by atoms with Gasteiger partial charge in [0, 0.05) is 5.69 Å². The maximum Gasteiger partial charge on any atom is 0.257 e. The Morgan fingerprint density at radius 2 is 1.95 bits per heavy atom. The highest BCUT2D eigenvalue weighted by atomic mass is 32.2. The molecule has 1 N–H and O–H groups in total. The van der Waals surface area contributed by atoms with Gasteiger partial charge in [0.05, 0.1) is 5.25 Å². The summed E-state index contributed by atoms with van der Waals surface area (Å²) in [6.45, 7) is 0. The summed E-state index contributed by atoms with van der Waals surface area (Å²) in [6.07, 6.45) is 1.64. The van der Waals surface area contributed by atoms with Gasteiger partial charge in [0.25, 0.3) is 5.22 Å². The zero-order chi connectivity index (χ0) is 14.9. The highest BCUT2D eigenvalue weighted by Crippen LogP contribution is 2.32. The van der Waals surface area contributed by atoms with Crippen molar-refractivity contribution in [2.45, 2.75) is 23.3 Å². The number of anilines is 1. The Balaban J connectivity index is 1.57. The third kappa shape index (κ3) is 2.48. The maximum atomic E-state index is 12.4. The van der Waals surface area contributed by atoms with Gasteiger partial charge in [-0.05, 0) is 36.6 Å². The number of aryl methyl sites for hydroxylation is 1. The Bertz CT molecular complexity index is 810. The number of hydrogen-bond donors (Lipinski definition) is 1. The Kier molecular flexibility index (Phi) is 3.35. The van der Waals surface area contributed by atoms with Crippen LogP contribution in [0.25, 0.3) is 11.1 Å². The first-order chi connectivity index (χ1) is 10.8. The van der Waals surface area contributed by atoms with Crippen molar-refractivity contribution < 1.29 is 9.21 Å². The molecule has 4 rings (SSSR count). The quantitative estimate of drug-likeness (QED) is 0.780. The first-order valence-corrected chi connectivity index (χ1v) is 8.08. The third-order valence-electron chi connectivity index (χ3n) is 3.76. The fourth-order valence-corrected chi connectivity index (χ4v) is 3.56. The van der Waals surface area contributed by atoms with Gasteiger partial charge in [-0.1, -0.05) is 42.1 Å². The molecule has 0 bridgehead atoms. The molecule has 3 aromatic rings. The molecule has 110 valence electrons. The van der Waals surface area contributed by atoms with E-state index in [1.807, 2.05) is 42.5 Å². The summed E-state index contributed by atoms with van der Waals surface area (Å²) in [6, 6.07) is 15.6. The molecule has 2 aromatic carbocycles. The van der Waals surface area contributed by atoms with E-state index in [2.05, 4.69) is 16.4 Å². The predicted molar refractivity (Wildman–Crippen MR) is 87.0 cm³/mol. The smallest absolute Gasteiger partial charge is 0.257 e. The lowest BCUT2D eigenvalue weighted by molar-refractivity contribution is -0.115. The molecule has 5 heteroatoms. The summed E-state index contributed by atoms with van der Waals surface area (Å²) >= 11 is 1.39. The zero-order valence-corrected chi connectivity index (χ0v) is 12.6. The summed E-state index contributed by atoms with van der Waals surface area (Å²) in [5.41, 5.74) is 3.66. The summed E-state index contributed by atoms with van der Waals surface area (Å²) in [7, 11) is 0. The molecular formula is C17H14N2O2S. The van der Waals surface area contributed by atoms with Gasteiger partial charge in [-0.3, -0.25) is 4.79 Å². The van der Waals surface area contributed by atoms with E-state index in [1.165, 1.54) is 17.3 Å². The summed E-state index contributed by atoms with van der Waals surface area (Å²) < 4.78 is 5.71. The molecule has 1 aliphatic heterocycles. The van der Waals surface area contributed by atoms with Crippen molar-refractivity contribution in [2.75, 3.05) is 5.32 Å². The zero-order valence-electron chi connectivity index (χ0n) is 11.8. The topological polar surface area (TPSA) is 55.1 Å². The van der Waals surface area contributed by atoms with Gasteiger partial charge in [0.15, 0.2) is 5.58 Å². The summed E-state index contributed by atoms with van der Waals surface area (Å²) in [4.78, 5) is 16.8. The van der Waals surface area contributed by atoms with Crippen molar-refractivity contribution in [3.63, 3.8) is 0 Å². The van der Waals surface area contributed by atoms with Crippen LogP contribution in [-0.2, 0) is 11.2 Å². The predicted octanol–water partition coefficient (Wildman–Crippen LogP) is 3.87. The van der Waals surface area contributed by atoms with E-state index in [-0.39, 0.29) is 11.2 Å². The van der Waals surface area contributed by atoms with Crippen LogP contribution in [0.4, 0.5) is 5.69 Å². The van der Waals surface area contributed by atoms with Crippen molar-refractivity contribution in [2.24, 2.45) is 0 Å². The van der Waals surface area contributed by atoms with Crippen LogP contribution < -0.4 is 5.32 Å². The number of carbonyl (C=O) groups is 1. The number of hydrogen-bond acceptors (Lipinski definition) is 4. The fraction of sp³-hybridized carbons (Fsp3) is 0.176. The molecule has 0 fully saturated rings. The Labute approximate surface area is 131 Å². The Morgan fingerprint density at radius 1 is 1.14 bits per heavy atom. The second kappa shape index (κ2) is 5.50. The number of benzene rings is 2. The average molecular weight is 310 g/mol. The number of thioether (sulfide) groups is 1. The van der Waals surface area contributed by atoms with Crippen LogP contribution in [0.3, 0.4) is 0 Å². The minimum atomic E-state index is -0.194. The van der Waals surface area contributed by atoms with Crippen molar-refractivity contribution in [3.05, 3.63) is 54.1 Å². The van der Waals surface area contributed by atoms with Gasteiger partial charge < -0.3 is 9.73 Å². The molecule has 22 heavy (non-hydrogen) atoms. The number of rotatable bonds is 2. The van der Waals surface area contributed by atoms with E-state index in [9.17, 15) is 4.79 Å². The standard InChI is InChI=1S/C17H14N2O2S/c20-16-15(10-9-11-5-1-2-6-12(11)18-16)22-17-19-13-7-3-4-8-14(13)21-17/h1-8,15H,9-10H2,(H,18,20). The maximum absolute atomic E-state index is 12.4. The van der Waals surface area contributed by atoms with Crippen molar-refractivity contribution in [3.8, 4) is 0 Å². The number of fused-ring (bicyclic) bond motifs is 2. The first kappa shape index (κ1) is 13.4. The lowest BCUT2D eigenvalue weighted by atomic mass is 10.1. The molecule has 0 saturated heterocycles. The van der Waals surface area contributed by atoms with Gasteiger partial charge in [-0.15, -0.1) is 0 Å². The van der Waals surface area contributed by atoms with Gasteiger partial charge in [0.2, 0.25) is 5.91 Å². The number of nitrogens with one attached hydrogen (secondary N) is 1. The van der Waals surface area contributed by atoms with E-state index in [1.54, 1.807) is 0 Å². The minimum absolute atomic E-state index is 0.0113. The van der Waals surface area contributed by atoms with Crippen LogP contribution in [0.1, 0.15) is 12.0 Å². The van der Waals surface area contributed by atoms with Crippen LogP contribution in [0.2, 0.25) is 0 Å². The van der Waals surface area contributed by atoms with E-state index in [4.69, 9.17) is 4.42 Å². The molecule has 1 unspecified atom stereocenters. The third-order valence-corrected chi connectivity index (χ3v) is 4.87. The molecule has 4 nitrogen and oxygen atoms in total. The van der Waals surface area contributed by atoms with Crippen LogP contribution in [-0.4, -0.2) is 16.1 Å². The van der Waals surface area contributed by atoms with Crippen LogP contribution in [0.15, 0.2) is 58.2 Å². The average Bonchev–Trinajstić information content (AvgIpc) is 2.87. The summed E-state index contributed by atoms with van der Waals surface area (Å²) in [5.74, 6) is 0.0113. The molecule has 0 radical (unpaired) electrons.